The van der Waals surface area contributed by atoms with Crippen LogP contribution in [-0.4, -0.2) is 29.0 Å². The molecule has 1 aliphatic rings. The van der Waals surface area contributed by atoms with Crippen LogP contribution in [0.3, 0.4) is 0 Å². The van der Waals surface area contributed by atoms with Gasteiger partial charge in [-0.25, -0.2) is 4.79 Å². The summed E-state index contributed by atoms with van der Waals surface area (Å²) in [7, 11) is 1.42. The summed E-state index contributed by atoms with van der Waals surface area (Å²) in [6.07, 6.45) is 1.56. The molecule has 1 fully saturated rings. The van der Waals surface area contributed by atoms with E-state index in [0.717, 1.165) is 23.4 Å². The van der Waals surface area contributed by atoms with Crippen LogP contribution in [0.25, 0.3) is 0 Å². The van der Waals surface area contributed by atoms with E-state index >= 15 is 0 Å². The van der Waals surface area contributed by atoms with Gasteiger partial charge in [-0.2, -0.15) is 0 Å². The maximum absolute atomic E-state index is 11.6. The van der Waals surface area contributed by atoms with Crippen molar-refractivity contribution >= 4 is 23.2 Å². The molecule has 0 N–H and O–H groups in total. The van der Waals surface area contributed by atoms with Gasteiger partial charge in [-0.15, -0.1) is 0 Å². The Morgan fingerprint density at radius 2 is 2.18 bits per heavy atom. The molecule has 1 heterocycles. The van der Waals surface area contributed by atoms with Gasteiger partial charge < -0.3 is 9.64 Å². The van der Waals surface area contributed by atoms with Crippen LogP contribution in [0, 0.1) is 0 Å². The number of methoxy groups -OCH3 is 1. The van der Waals surface area contributed by atoms with Gasteiger partial charge in [0.2, 0.25) is 0 Å². The molecule has 2 rings (SSSR count). The minimum absolute atomic E-state index is 0.194. The molecule has 0 aromatic heterocycles. The molecular formula is C13H15NO2S. The Hall–Kier alpha value is -1.42. The number of benzene rings is 1. The Morgan fingerprint density at radius 1 is 1.47 bits per heavy atom. The lowest BCUT2D eigenvalue weighted by molar-refractivity contribution is -0.145. The van der Waals surface area contributed by atoms with Gasteiger partial charge in [0.1, 0.15) is 6.04 Å². The summed E-state index contributed by atoms with van der Waals surface area (Å²) >= 11 is 5.30. The Labute approximate surface area is 106 Å². The molecule has 0 amide bonds. The van der Waals surface area contributed by atoms with E-state index in [-0.39, 0.29) is 12.0 Å². The van der Waals surface area contributed by atoms with E-state index in [1.165, 1.54) is 7.11 Å². The maximum Gasteiger partial charge on any atom is 0.328 e. The average molecular weight is 249 g/mol. The van der Waals surface area contributed by atoms with Crippen LogP contribution in [0.1, 0.15) is 18.4 Å². The molecule has 0 saturated carbocycles. The van der Waals surface area contributed by atoms with Crippen LogP contribution in [0.5, 0.6) is 0 Å². The van der Waals surface area contributed by atoms with Gasteiger partial charge in [0.15, 0.2) is 0 Å². The first-order chi connectivity index (χ1) is 8.22. The standard InChI is InChI=1S/C13H15NO2S/c1-16-13(15)11-7-8-12(17)14(11)9-10-5-3-2-4-6-10/h2-6,11H,7-9H2,1H3. The lowest BCUT2D eigenvalue weighted by Gasteiger charge is -2.24. The first-order valence-electron chi connectivity index (χ1n) is 5.63. The Morgan fingerprint density at radius 3 is 2.82 bits per heavy atom. The summed E-state index contributed by atoms with van der Waals surface area (Å²) in [6.45, 7) is 0.680. The number of carbonyl (C=O) groups excluding carboxylic acids is 1. The highest BCUT2D eigenvalue weighted by Crippen LogP contribution is 2.23. The maximum atomic E-state index is 11.6. The van der Waals surface area contributed by atoms with E-state index < -0.39 is 0 Å². The van der Waals surface area contributed by atoms with Gasteiger partial charge in [0, 0.05) is 13.0 Å². The van der Waals surface area contributed by atoms with Crippen LogP contribution in [-0.2, 0) is 16.1 Å². The monoisotopic (exact) mass is 249 g/mol. The molecular weight excluding hydrogens is 234 g/mol. The fourth-order valence-corrected chi connectivity index (χ4v) is 2.40. The third-order valence-corrected chi connectivity index (χ3v) is 3.44. The lowest BCUT2D eigenvalue weighted by Crippen LogP contribution is -2.38. The van der Waals surface area contributed by atoms with E-state index in [2.05, 4.69) is 0 Å². The van der Waals surface area contributed by atoms with E-state index in [4.69, 9.17) is 17.0 Å². The zero-order chi connectivity index (χ0) is 12.3. The zero-order valence-corrected chi connectivity index (χ0v) is 10.6. The summed E-state index contributed by atoms with van der Waals surface area (Å²) in [4.78, 5) is 14.5. The van der Waals surface area contributed by atoms with Gasteiger partial charge in [-0.3, -0.25) is 0 Å². The predicted octanol–water partition coefficient (Wildman–Crippen LogP) is 2.15. The topological polar surface area (TPSA) is 29.5 Å². The van der Waals surface area contributed by atoms with Gasteiger partial charge in [-0.05, 0) is 12.0 Å². The molecule has 17 heavy (non-hydrogen) atoms. The van der Waals surface area contributed by atoms with Crippen LogP contribution in [0.2, 0.25) is 0 Å². The summed E-state index contributed by atoms with van der Waals surface area (Å²) in [5.41, 5.74) is 1.16. The number of esters is 1. The molecule has 1 aliphatic heterocycles. The third-order valence-electron chi connectivity index (χ3n) is 3.00. The Bertz CT molecular complexity index is 419. The molecule has 90 valence electrons. The predicted molar refractivity (Wildman–Crippen MR) is 69.6 cm³/mol. The van der Waals surface area contributed by atoms with Crippen LogP contribution in [0.4, 0.5) is 0 Å². The largest absolute Gasteiger partial charge is 0.467 e. The average Bonchev–Trinajstić information content (AvgIpc) is 2.72. The second-order valence-electron chi connectivity index (χ2n) is 4.08. The lowest BCUT2D eigenvalue weighted by atomic mass is 10.2. The van der Waals surface area contributed by atoms with Crippen molar-refractivity contribution in [2.75, 3.05) is 7.11 Å². The molecule has 1 aromatic carbocycles. The number of rotatable bonds is 3. The Balaban J connectivity index is 2.12. The summed E-state index contributed by atoms with van der Waals surface area (Å²) < 4.78 is 4.81. The minimum atomic E-state index is -0.215. The molecule has 4 heteroatoms. The molecule has 0 bridgehead atoms. The number of hydrogen-bond donors (Lipinski definition) is 0. The highest BCUT2D eigenvalue weighted by atomic mass is 32.1. The van der Waals surface area contributed by atoms with Crippen molar-refractivity contribution in [3.8, 4) is 0 Å². The minimum Gasteiger partial charge on any atom is -0.467 e. The summed E-state index contributed by atoms with van der Waals surface area (Å²) in [5, 5.41) is 0. The van der Waals surface area contributed by atoms with Crippen molar-refractivity contribution in [3.05, 3.63) is 35.9 Å². The van der Waals surface area contributed by atoms with Gasteiger partial charge in [0.05, 0.1) is 12.1 Å². The highest BCUT2D eigenvalue weighted by molar-refractivity contribution is 7.80. The molecule has 0 aliphatic carbocycles. The number of hydrogen-bond acceptors (Lipinski definition) is 3. The molecule has 0 radical (unpaired) electrons. The molecule has 1 saturated heterocycles. The van der Waals surface area contributed by atoms with Crippen molar-refractivity contribution in [3.63, 3.8) is 0 Å². The quantitative estimate of drug-likeness (QED) is 0.606. The van der Waals surface area contributed by atoms with Crippen LogP contribution >= 0.6 is 12.2 Å². The van der Waals surface area contributed by atoms with Crippen molar-refractivity contribution in [1.82, 2.24) is 4.90 Å². The smallest absolute Gasteiger partial charge is 0.328 e. The van der Waals surface area contributed by atoms with Gasteiger partial charge in [-0.1, -0.05) is 42.5 Å². The van der Waals surface area contributed by atoms with E-state index in [9.17, 15) is 4.79 Å². The zero-order valence-electron chi connectivity index (χ0n) is 9.76. The van der Waals surface area contributed by atoms with Crippen molar-refractivity contribution in [1.29, 1.82) is 0 Å². The number of thiocarbonyl (C=S) groups is 1. The van der Waals surface area contributed by atoms with Crippen molar-refractivity contribution < 1.29 is 9.53 Å². The van der Waals surface area contributed by atoms with E-state index in [0.29, 0.717) is 6.54 Å². The fourth-order valence-electron chi connectivity index (χ4n) is 2.09. The molecule has 1 atom stereocenters. The first-order valence-corrected chi connectivity index (χ1v) is 6.04. The Kier molecular flexibility index (Phi) is 3.74. The third kappa shape index (κ3) is 2.64. The van der Waals surface area contributed by atoms with Crippen LogP contribution in [0.15, 0.2) is 30.3 Å². The van der Waals surface area contributed by atoms with Crippen molar-refractivity contribution in [2.24, 2.45) is 0 Å². The second kappa shape index (κ2) is 5.27. The molecule has 3 nitrogen and oxygen atoms in total. The van der Waals surface area contributed by atoms with E-state index in [1.54, 1.807) is 0 Å². The summed E-state index contributed by atoms with van der Waals surface area (Å²) in [6, 6.07) is 9.81. The molecule has 1 unspecified atom stereocenters. The van der Waals surface area contributed by atoms with Crippen molar-refractivity contribution in [2.45, 2.75) is 25.4 Å². The van der Waals surface area contributed by atoms with Gasteiger partial charge >= 0.3 is 5.97 Å². The number of ether oxygens (including phenoxy) is 1. The summed E-state index contributed by atoms with van der Waals surface area (Å²) in [5.74, 6) is -0.194. The SMILES string of the molecule is COC(=O)C1CCC(=S)N1Cc1ccccc1. The second-order valence-corrected chi connectivity index (χ2v) is 4.56. The highest BCUT2D eigenvalue weighted by Gasteiger charge is 2.34. The molecule has 0 spiro atoms. The molecule has 1 aromatic rings. The number of carbonyl (C=O) groups is 1. The van der Waals surface area contributed by atoms with Crippen LogP contribution < -0.4 is 0 Å². The normalized spacial score (nSPS) is 19.5. The van der Waals surface area contributed by atoms with E-state index in [1.807, 2.05) is 35.2 Å². The number of likely N-dealkylation sites (tertiary alicyclic amines) is 1. The number of nitrogens with zero attached hydrogens (tertiary/aromatic N) is 1. The fraction of sp³-hybridized carbons (Fsp3) is 0.385. The van der Waals surface area contributed by atoms with Gasteiger partial charge in [0.25, 0.3) is 0 Å². The first kappa shape index (κ1) is 12.0.